The molecule has 2 aromatic heterocycles. The zero-order valence-electron chi connectivity index (χ0n) is 9.33. The van der Waals surface area contributed by atoms with Gasteiger partial charge in [-0.05, 0) is 0 Å². The number of aryl methyl sites for hydroxylation is 1. The summed E-state index contributed by atoms with van der Waals surface area (Å²) in [7, 11) is 1.87. The Morgan fingerprint density at radius 3 is 2.65 bits per heavy atom. The fourth-order valence-electron chi connectivity index (χ4n) is 1.80. The maximum Gasteiger partial charge on any atom is 0.183 e. The van der Waals surface area contributed by atoms with Crippen LogP contribution < -0.4 is 5.73 Å². The summed E-state index contributed by atoms with van der Waals surface area (Å²) >= 11 is 0. The zero-order valence-corrected chi connectivity index (χ0v) is 9.33. The van der Waals surface area contributed by atoms with Crippen LogP contribution in [0.5, 0.6) is 0 Å². The van der Waals surface area contributed by atoms with E-state index in [0.717, 1.165) is 11.1 Å². The molecule has 0 unspecified atom stereocenters. The Balaban J connectivity index is 2.26. The molecular formula is C12H11N5. The number of benzene rings is 1. The van der Waals surface area contributed by atoms with Gasteiger partial charge in [0.1, 0.15) is 5.52 Å². The molecular weight excluding hydrogens is 214 g/mol. The van der Waals surface area contributed by atoms with Crippen LogP contribution in [0.4, 0.5) is 5.82 Å². The van der Waals surface area contributed by atoms with Crippen LogP contribution in [0.25, 0.3) is 22.6 Å². The maximum atomic E-state index is 5.93. The molecule has 2 heterocycles. The smallest absolute Gasteiger partial charge is 0.183 e. The van der Waals surface area contributed by atoms with Gasteiger partial charge in [-0.25, -0.2) is 15.0 Å². The van der Waals surface area contributed by atoms with Crippen molar-refractivity contribution in [1.82, 2.24) is 19.5 Å². The third kappa shape index (κ3) is 1.52. The van der Waals surface area contributed by atoms with Gasteiger partial charge in [-0.1, -0.05) is 30.3 Å². The number of nitrogens with two attached hydrogens (primary N) is 1. The summed E-state index contributed by atoms with van der Waals surface area (Å²) in [6.07, 6.45) is 1.68. The molecule has 0 aliphatic carbocycles. The third-order valence-corrected chi connectivity index (χ3v) is 2.63. The quantitative estimate of drug-likeness (QED) is 0.683. The monoisotopic (exact) mass is 225 g/mol. The average Bonchev–Trinajstić information content (AvgIpc) is 2.73. The molecule has 2 N–H and O–H groups in total. The highest BCUT2D eigenvalue weighted by atomic mass is 15.1. The van der Waals surface area contributed by atoms with Crippen molar-refractivity contribution in [2.75, 3.05) is 5.73 Å². The van der Waals surface area contributed by atoms with Crippen molar-refractivity contribution >= 4 is 17.0 Å². The Bertz CT molecular complexity index is 672. The first-order valence-electron chi connectivity index (χ1n) is 5.25. The lowest BCUT2D eigenvalue weighted by Crippen LogP contribution is -1.99. The number of fused-ring (bicyclic) bond motifs is 1. The molecule has 0 aliphatic heterocycles. The second kappa shape index (κ2) is 3.55. The zero-order chi connectivity index (χ0) is 11.8. The minimum atomic E-state index is 0.453. The van der Waals surface area contributed by atoms with E-state index in [1.807, 2.05) is 41.9 Å². The van der Waals surface area contributed by atoms with Gasteiger partial charge in [-0.3, -0.25) is 0 Å². The Morgan fingerprint density at radius 2 is 1.88 bits per heavy atom. The molecule has 0 spiro atoms. The van der Waals surface area contributed by atoms with E-state index >= 15 is 0 Å². The molecule has 1 aromatic carbocycles. The summed E-state index contributed by atoms with van der Waals surface area (Å²) in [5.74, 6) is 1.06. The SMILES string of the molecule is Cn1cnc2nc(-c3ccccc3)nc(N)c21. The van der Waals surface area contributed by atoms with Crippen molar-refractivity contribution in [3.63, 3.8) is 0 Å². The van der Waals surface area contributed by atoms with Gasteiger partial charge in [0, 0.05) is 12.6 Å². The summed E-state index contributed by atoms with van der Waals surface area (Å²) in [5, 5.41) is 0. The molecule has 0 saturated carbocycles. The van der Waals surface area contributed by atoms with Crippen molar-refractivity contribution in [3.05, 3.63) is 36.7 Å². The average molecular weight is 225 g/mol. The lowest BCUT2D eigenvalue weighted by molar-refractivity contribution is 0.946. The van der Waals surface area contributed by atoms with Crippen LogP contribution in [-0.4, -0.2) is 19.5 Å². The van der Waals surface area contributed by atoms with Crippen molar-refractivity contribution in [1.29, 1.82) is 0 Å². The van der Waals surface area contributed by atoms with Crippen LogP contribution in [0.3, 0.4) is 0 Å². The van der Waals surface area contributed by atoms with E-state index in [1.54, 1.807) is 6.33 Å². The highest BCUT2D eigenvalue weighted by molar-refractivity contribution is 5.83. The first kappa shape index (κ1) is 9.77. The highest BCUT2D eigenvalue weighted by Gasteiger charge is 2.10. The van der Waals surface area contributed by atoms with Crippen LogP contribution in [0.1, 0.15) is 0 Å². The molecule has 17 heavy (non-hydrogen) atoms. The largest absolute Gasteiger partial charge is 0.382 e. The summed E-state index contributed by atoms with van der Waals surface area (Å²) in [6.45, 7) is 0. The molecule has 84 valence electrons. The Morgan fingerprint density at radius 1 is 1.12 bits per heavy atom. The third-order valence-electron chi connectivity index (χ3n) is 2.63. The van der Waals surface area contributed by atoms with Gasteiger partial charge >= 0.3 is 0 Å². The van der Waals surface area contributed by atoms with Gasteiger partial charge in [-0.15, -0.1) is 0 Å². The topological polar surface area (TPSA) is 69.6 Å². The lowest BCUT2D eigenvalue weighted by Gasteiger charge is -2.03. The Kier molecular flexibility index (Phi) is 2.04. The molecule has 3 rings (SSSR count). The number of imidazole rings is 1. The van der Waals surface area contributed by atoms with Crippen molar-refractivity contribution in [3.8, 4) is 11.4 Å². The van der Waals surface area contributed by atoms with Crippen LogP contribution in [0.15, 0.2) is 36.7 Å². The van der Waals surface area contributed by atoms with Crippen molar-refractivity contribution < 1.29 is 0 Å². The Labute approximate surface area is 98.0 Å². The number of aromatic nitrogens is 4. The first-order chi connectivity index (χ1) is 8.25. The van der Waals surface area contributed by atoms with E-state index in [9.17, 15) is 0 Å². The normalized spacial score (nSPS) is 10.9. The molecule has 5 heteroatoms. The predicted molar refractivity (Wildman–Crippen MR) is 66.2 cm³/mol. The molecule has 0 fully saturated rings. The van der Waals surface area contributed by atoms with Crippen LogP contribution in [0.2, 0.25) is 0 Å². The van der Waals surface area contributed by atoms with Crippen LogP contribution in [0, 0.1) is 0 Å². The number of nitrogen functional groups attached to an aromatic ring is 1. The molecule has 5 nitrogen and oxygen atoms in total. The lowest BCUT2D eigenvalue weighted by atomic mass is 10.2. The molecule has 0 bridgehead atoms. The van der Waals surface area contributed by atoms with Gasteiger partial charge < -0.3 is 10.3 Å². The van der Waals surface area contributed by atoms with E-state index in [1.165, 1.54) is 0 Å². The molecule has 0 saturated heterocycles. The summed E-state index contributed by atoms with van der Waals surface area (Å²) in [6, 6.07) is 9.73. The molecule has 0 amide bonds. The van der Waals surface area contributed by atoms with E-state index < -0.39 is 0 Å². The van der Waals surface area contributed by atoms with Gasteiger partial charge in [0.2, 0.25) is 0 Å². The number of rotatable bonds is 1. The minimum Gasteiger partial charge on any atom is -0.382 e. The van der Waals surface area contributed by atoms with E-state index in [-0.39, 0.29) is 0 Å². The van der Waals surface area contributed by atoms with E-state index in [0.29, 0.717) is 17.3 Å². The standard InChI is InChI=1S/C12H11N5/c1-17-7-14-12-9(17)10(13)15-11(16-12)8-5-3-2-4-6-8/h2-7H,1H3,(H2,13,15,16). The van der Waals surface area contributed by atoms with Crippen molar-refractivity contribution in [2.45, 2.75) is 0 Å². The first-order valence-corrected chi connectivity index (χ1v) is 5.25. The Hall–Kier alpha value is -2.43. The van der Waals surface area contributed by atoms with E-state index in [2.05, 4.69) is 15.0 Å². The maximum absolute atomic E-state index is 5.93. The van der Waals surface area contributed by atoms with Crippen LogP contribution in [-0.2, 0) is 7.05 Å². The van der Waals surface area contributed by atoms with Gasteiger partial charge in [0.15, 0.2) is 17.3 Å². The number of anilines is 1. The van der Waals surface area contributed by atoms with Gasteiger partial charge in [-0.2, -0.15) is 0 Å². The van der Waals surface area contributed by atoms with E-state index in [4.69, 9.17) is 5.73 Å². The minimum absolute atomic E-state index is 0.453. The van der Waals surface area contributed by atoms with Gasteiger partial charge in [0.05, 0.1) is 6.33 Å². The fraction of sp³-hybridized carbons (Fsp3) is 0.0833. The molecule has 3 aromatic rings. The van der Waals surface area contributed by atoms with Gasteiger partial charge in [0.25, 0.3) is 0 Å². The molecule has 0 radical (unpaired) electrons. The van der Waals surface area contributed by atoms with Crippen molar-refractivity contribution in [2.24, 2.45) is 7.05 Å². The number of hydrogen-bond donors (Lipinski definition) is 1. The second-order valence-corrected chi connectivity index (χ2v) is 3.83. The molecule has 0 aliphatic rings. The highest BCUT2D eigenvalue weighted by Crippen LogP contribution is 2.21. The number of nitrogens with zero attached hydrogens (tertiary/aromatic N) is 4. The molecule has 0 atom stereocenters. The predicted octanol–water partition coefficient (Wildman–Crippen LogP) is 1.61. The van der Waals surface area contributed by atoms with Crippen LogP contribution >= 0.6 is 0 Å². The summed E-state index contributed by atoms with van der Waals surface area (Å²) in [4.78, 5) is 12.9. The second-order valence-electron chi connectivity index (χ2n) is 3.83. The summed E-state index contributed by atoms with van der Waals surface area (Å²) in [5.41, 5.74) is 8.26. The summed E-state index contributed by atoms with van der Waals surface area (Å²) < 4.78 is 1.82. The fourth-order valence-corrected chi connectivity index (χ4v) is 1.80. The number of hydrogen-bond acceptors (Lipinski definition) is 4.